The smallest absolute Gasteiger partial charge is 0.305 e. The minimum Gasteiger partial charge on any atom is -0.466 e. The molecule has 0 bridgehead atoms. The van der Waals surface area contributed by atoms with Crippen LogP contribution in [0.2, 0.25) is 0 Å². The van der Waals surface area contributed by atoms with E-state index in [4.69, 9.17) is 4.74 Å². The van der Waals surface area contributed by atoms with E-state index < -0.39 is 12.1 Å². The molecule has 0 spiro atoms. The molecule has 0 saturated carbocycles. The van der Waals surface area contributed by atoms with Crippen molar-refractivity contribution in [3.05, 3.63) is 12.2 Å². The van der Waals surface area contributed by atoms with E-state index in [-0.39, 0.29) is 18.5 Å². The molecule has 0 aliphatic carbocycles. The van der Waals surface area contributed by atoms with Crippen LogP contribution in [0.3, 0.4) is 0 Å². The lowest BCUT2D eigenvalue weighted by Crippen LogP contribution is -2.45. The molecule has 1 amide bonds. The maximum atomic E-state index is 12.5. The van der Waals surface area contributed by atoms with Gasteiger partial charge in [-0.25, -0.2) is 0 Å². The molecule has 63 heavy (non-hydrogen) atoms. The minimum atomic E-state index is -0.682. The first-order chi connectivity index (χ1) is 31.0. The number of nitrogens with one attached hydrogen (secondary N) is 1. The van der Waals surface area contributed by atoms with Crippen LogP contribution in [0.1, 0.15) is 316 Å². The van der Waals surface area contributed by atoms with Gasteiger partial charge in [-0.15, -0.1) is 0 Å². The Hall–Kier alpha value is -1.40. The number of hydrogen-bond donors (Lipinski definition) is 3. The van der Waals surface area contributed by atoms with Gasteiger partial charge in [0.25, 0.3) is 0 Å². The molecule has 0 fully saturated rings. The van der Waals surface area contributed by atoms with Gasteiger partial charge in [0.2, 0.25) is 5.91 Å². The number of esters is 1. The van der Waals surface area contributed by atoms with E-state index >= 15 is 0 Å². The van der Waals surface area contributed by atoms with Crippen molar-refractivity contribution in [3.63, 3.8) is 0 Å². The van der Waals surface area contributed by atoms with E-state index in [2.05, 4.69) is 31.3 Å². The molecular weight excluding hydrogens is 779 g/mol. The number of rotatable bonds is 53. The van der Waals surface area contributed by atoms with Gasteiger partial charge in [-0.3, -0.25) is 9.59 Å². The van der Waals surface area contributed by atoms with E-state index in [1.54, 1.807) is 0 Å². The third-order valence-electron chi connectivity index (χ3n) is 13.3. The van der Waals surface area contributed by atoms with Gasteiger partial charge in [-0.05, 0) is 51.4 Å². The van der Waals surface area contributed by atoms with Gasteiger partial charge >= 0.3 is 5.97 Å². The van der Waals surface area contributed by atoms with Gasteiger partial charge in [0.05, 0.1) is 25.4 Å². The summed E-state index contributed by atoms with van der Waals surface area (Å²) in [6, 6.07) is -0.562. The van der Waals surface area contributed by atoms with Crippen molar-refractivity contribution in [2.75, 3.05) is 13.2 Å². The Morgan fingerprint density at radius 3 is 1.13 bits per heavy atom. The Morgan fingerprint density at radius 1 is 0.429 bits per heavy atom. The number of allylic oxidation sites excluding steroid dienone is 2. The molecule has 0 saturated heterocycles. The maximum Gasteiger partial charge on any atom is 0.305 e. The van der Waals surface area contributed by atoms with Gasteiger partial charge in [0, 0.05) is 12.8 Å². The first-order valence-corrected chi connectivity index (χ1v) is 28.4. The van der Waals surface area contributed by atoms with Crippen LogP contribution in [-0.2, 0) is 14.3 Å². The van der Waals surface area contributed by atoms with Crippen LogP contribution in [0, 0.1) is 0 Å². The average Bonchev–Trinajstić information content (AvgIpc) is 3.28. The summed E-state index contributed by atoms with van der Waals surface area (Å²) in [7, 11) is 0. The fourth-order valence-electron chi connectivity index (χ4n) is 8.93. The number of hydrogen-bond acceptors (Lipinski definition) is 5. The largest absolute Gasteiger partial charge is 0.466 e. The van der Waals surface area contributed by atoms with E-state index in [9.17, 15) is 19.8 Å². The molecule has 0 rings (SSSR count). The number of carbonyl (C=O) groups is 2. The van der Waals surface area contributed by atoms with Crippen LogP contribution in [0.5, 0.6) is 0 Å². The predicted octanol–water partition coefficient (Wildman–Crippen LogP) is 17.3. The summed E-state index contributed by atoms with van der Waals surface area (Å²) in [6.07, 6.45) is 62.0. The Bertz CT molecular complexity index is 939. The Labute approximate surface area is 393 Å². The van der Waals surface area contributed by atoms with Crippen LogP contribution in [0.25, 0.3) is 0 Å². The quantitative estimate of drug-likeness (QED) is 0.0321. The number of aliphatic hydroxyl groups is 2. The van der Waals surface area contributed by atoms with Crippen LogP contribution in [0.4, 0.5) is 0 Å². The van der Waals surface area contributed by atoms with Crippen molar-refractivity contribution in [1.82, 2.24) is 5.32 Å². The summed E-state index contributed by atoms with van der Waals surface area (Å²) < 4.78 is 5.45. The highest BCUT2D eigenvalue weighted by molar-refractivity contribution is 5.76. The molecular formula is C57H111NO5. The highest BCUT2D eigenvalue weighted by Gasteiger charge is 2.20. The summed E-state index contributed by atoms with van der Waals surface area (Å²) in [5.41, 5.74) is 0. The normalized spacial score (nSPS) is 12.6. The molecule has 0 aliphatic rings. The minimum absolute atomic E-state index is 0.0323. The van der Waals surface area contributed by atoms with Crippen LogP contribution >= 0.6 is 0 Å². The molecule has 0 aromatic carbocycles. The van der Waals surface area contributed by atoms with Crippen molar-refractivity contribution in [1.29, 1.82) is 0 Å². The number of carbonyl (C=O) groups excluding carboxylic acids is 2. The van der Waals surface area contributed by atoms with Crippen LogP contribution in [0.15, 0.2) is 12.2 Å². The maximum absolute atomic E-state index is 12.5. The second-order valence-corrected chi connectivity index (χ2v) is 19.6. The van der Waals surface area contributed by atoms with Gasteiger partial charge in [0.1, 0.15) is 0 Å². The van der Waals surface area contributed by atoms with Crippen molar-refractivity contribution in [2.24, 2.45) is 0 Å². The zero-order valence-electron chi connectivity index (χ0n) is 42.6. The fraction of sp³-hybridized carbons (Fsp3) is 0.930. The van der Waals surface area contributed by atoms with Crippen molar-refractivity contribution in [3.8, 4) is 0 Å². The Kier molecular flexibility index (Phi) is 52.0. The Balaban J connectivity index is 3.47. The molecule has 6 nitrogen and oxygen atoms in total. The number of unbranched alkanes of at least 4 members (excludes halogenated alkanes) is 40. The summed E-state index contributed by atoms with van der Waals surface area (Å²) in [5.74, 6) is -0.0919. The molecule has 0 aromatic heterocycles. The lowest BCUT2D eigenvalue weighted by molar-refractivity contribution is -0.143. The molecule has 0 radical (unpaired) electrons. The molecule has 374 valence electrons. The fourth-order valence-corrected chi connectivity index (χ4v) is 8.93. The predicted molar refractivity (Wildman–Crippen MR) is 273 cm³/mol. The summed E-state index contributed by atoms with van der Waals surface area (Å²) in [4.78, 5) is 24.5. The lowest BCUT2D eigenvalue weighted by Gasteiger charge is -2.22. The number of aliphatic hydroxyl groups excluding tert-OH is 2. The van der Waals surface area contributed by atoms with Crippen LogP contribution in [-0.4, -0.2) is 47.4 Å². The lowest BCUT2D eigenvalue weighted by atomic mass is 10.0. The SMILES string of the molecule is CCCCCCC/C=C\CCCCCCCC(=O)OCCCCCCCCCCCC(=O)NC(CO)C(O)CCCCCCCCCCCCCCCCCCCCCCCCC. The van der Waals surface area contributed by atoms with E-state index in [1.165, 1.54) is 225 Å². The molecule has 6 heteroatoms. The van der Waals surface area contributed by atoms with Crippen molar-refractivity contribution in [2.45, 2.75) is 328 Å². The zero-order valence-corrected chi connectivity index (χ0v) is 42.6. The Morgan fingerprint density at radius 2 is 0.746 bits per heavy atom. The molecule has 3 N–H and O–H groups in total. The monoisotopic (exact) mass is 890 g/mol. The van der Waals surface area contributed by atoms with Crippen LogP contribution < -0.4 is 5.32 Å². The van der Waals surface area contributed by atoms with Gasteiger partial charge < -0.3 is 20.3 Å². The average molecular weight is 891 g/mol. The van der Waals surface area contributed by atoms with E-state index in [0.29, 0.717) is 25.9 Å². The zero-order chi connectivity index (χ0) is 45.8. The first-order valence-electron chi connectivity index (χ1n) is 28.4. The van der Waals surface area contributed by atoms with E-state index in [1.807, 2.05) is 0 Å². The molecule has 2 unspecified atom stereocenters. The van der Waals surface area contributed by atoms with Crippen molar-refractivity contribution < 1.29 is 24.5 Å². The van der Waals surface area contributed by atoms with Gasteiger partial charge in [0.15, 0.2) is 0 Å². The third kappa shape index (κ3) is 49.9. The molecule has 0 heterocycles. The second-order valence-electron chi connectivity index (χ2n) is 19.6. The summed E-state index contributed by atoms with van der Waals surface area (Å²) in [6.45, 7) is 4.90. The molecule has 0 aromatic rings. The molecule has 0 aliphatic heterocycles. The second kappa shape index (κ2) is 53.2. The number of amides is 1. The third-order valence-corrected chi connectivity index (χ3v) is 13.3. The van der Waals surface area contributed by atoms with Crippen molar-refractivity contribution >= 4 is 11.9 Å². The summed E-state index contributed by atoms with van der Waals surface area (Å²) in [5, 5.41) is 23.3. The highest BCUT2D eigenvalue weighted by Crippen LogP contribution is 2.17. The highest BCUT2D eigenvalue weighted by atomic mass is 16.5. The van der Waals surface area contributed by atoms with Gasteiger partial charge in [-0.1, -0.05) is 264 Å². The molecule has 2 atom stereocenters. The topological polar surface area (TPSA) is 95.9 Å². The standard InChI is InChI=1S/C57H111NO5/c1-3-5-7-9-11-13-15-17-19-20-21-22-23-24-25-26-27-28-30-33-37-41-45-49-55(60)54(53-59)58-56(61)50-46-42-38-34-32-36-40-44-48-52-63-57(62)51-47-43-39-35-31-29-18-16-14-12-10-8-6-4-2/h16,18,54-55,59-60H,3-15,17,19-53H2,1-2H3,(H,58,61)/b18-16-. The number of ether oxygens (including phenoxy) is 1. The van der Waals surface area contributed by atoms with Gasteiger partial charge in [-0.2, -0.15) is 0 Å². The van der Waals surface area contributed by atoms with E-state index in [0.717, 1.165) is 57.8 Å². The summed E-state index contributed by atoms with van der Waals surface area (Å²) >= 11 is 0. The first kappa shape index (κ1) is 61.6.